The zero-order valence-electron chi connectivity index (χ0n) is 14.8. The second-order valence-electron chi connectivity index (χ2n) is 6.47. The average Bonchev–Trinajstić information content (AvgIpc) is 2.51. The number of aliphatic hydroxyl groups is 2. The fourth-order valence-electron chi connectivity index (χ4n) is 2.70. The molecule has 9 heteroatoms. The van der Waals surface area contributed by atoms with Crippen LogP contribution >= 0.6 is 0 Å². The second kappa shape index (κ2) is 9.50. The number of nitrogens with two attached hydrogens (primary N) is 1. The van der Waals surface area contributed by atoms with E-state index in [1.807, 2.05) is 13.8 Å². The van der Waals surface area contributed by atoms with E-state index in [-0.39, 0.29) is 36.8 Å². The van der Waals surface area contributed by atoms with Gasteiger partial charge in [-0.2, -0.15) is 0 Å². The van der Waals surface area contributed by atoms with Gasteiger partial charge < -0.3 is 31.9 Å². The summed E-state index contributed by atoms with van der Waals surface area (Å²) in [6, 6.07) is -1.35. The lowest BCUT2D eigenvalue weighted by Gasteiger charge is -2.32. The van der Waals surface area contributed by atoms with E-state index in [1.54, 1.807) is 7.05 Å². The topological polar surface area (TPSA) is 154 Å². The molecule has 0 aliphatic heterocycles. The van der Waals surface area contributed by atoms with E-state index in [2.05, 4.69) is 16.0 Å². The molecule has 0 aromatic rings. The van der Waals surface area contributed by atoms with Crippen LogP contribution in [0.5, 0.6) is 0 Å². The van der Waals surface area contributed by atoms with Crippen LogP contribution < -0.4 is 21.7 Å². The molecule has 0 fully saturated rings. The van der Waals surface area contributed by atoms with Crippen molar-refractivity contribution in [2.24, 2.45) is 11.7 Å². The fourth-order valence-corrected chi connectivity index (χ4v) is 2.70. The third-order valence-corrected chi connectivity index (χ3v) is 4.09. The lowest BCUT2D eigenvalue weighted by atomic mass is 9.89. The Kier molecular flexibility index (Phi) is 8.01. The van der Waals surface area contributed by atoms with E-state index in [1.165, 1.54) is 6.08 Å². The highest BCUT2D eigenvalue weighted by Gasteiger charge is 2.34. The normalized spacial score (nSPS) is 24.4. The van der Waals surface area contributed by atoms with Gasteiger partial charge in [-0.05, 0) is 13.0 Å². The standard InChI is InChI=1S/C16H28N4O5/c1-8(2)13(18-3)16(25)20-10-6-9(7-11(21)14(10)23)15(24)19-5-4-12(17)22/h6,8,10-11,13-14,18,21,23H,4-5,7H2,1-3H3,(H2,17,22)(H,19,24)(H,20,25)/t10-,11-,13+,14-/m1/s1. The summed E-state index contributed by atoms with van der Waals surface area (Å²) >= 11 is 0. The Balaban J connectivity index is 2.81. The number of aliphatic hydroxyl groups excluding tert-OH is 2. The van der Waals surface area contributed by atoms with Crippen LogP contribution in [0.4, 0.5) is 0 Å². The molecule has 142 valence electrons. The number of hydrogen-bond acceptors (Lipinski definition) is 6. The zero-order valence-corrected chi connectivity index (χ0v) is 14.8. The lowest BCUT2D eigenvalue weighted by Crippen LogP contribution is -2.55. The summed E-state index contributed by atoms with van der Waals surface area (Å²) in [5, 5.41) is 28.1. The van der Waals surface area contributed by atoms with Crippen LogP contribution in [0.15, 0.2) is 11.6 Å². The summed E-state index contributed by atoms with van der Waals surface area (Å²) in [6.45, 7) is 3.83. The number of hydrogen-bond donors (Lipinski definition) is 6. The Morgan fingerprint density at radius 2 is 1.96 bits per heavy atom. The van der Waals surface area contributed by atoms with E-state index in [4.69, 9.17) is 5.73 Å². The summed E-state index contributed by atoms with van der Waals surface area (Å²) in [4.78, 5) is 35.1. The molecule has 1 aliphatic carbocycles. The molecule has 0 unspecified atom stereocenters. The third kappa shape index (κ3) is 6.11. The second-order valence-corrected chi connectivity index (χ2v) is 6.47. The molecule has 0 saturated carbocycles. The van der Waals surface area contributed by atoms with Gasteiger partial charge >= 0.3 is 0 Å². The first kappa shape index (κ1) is 21.1. The summed E-state index contributed by atoms with van der Waals surface area (Å²) in [5.74, 6) is -1.32. The first-order valence-electron chi connectivity index (χ1n) is 8.28. The van der Waals surface area contributed by atoms with Crippen LogP contribution in [0.2, 0.25) is 0 Å². The van der Waals surface area contributed by atoms with Crippen LogP contribution in [-0.4, -0.2) is 65.8 Å². The Morgan fingerprint density at radius 3 is 2.48 bits per heavy atom. The summed E-state index contributed by atoms with van der Waals surface area (Å²) in [6.07, 6.45) is -1.00. The lowest BCUT2D eigenvalue weighted by molar-refractivity contribution is -0.126. The van der Waals surface area contributed by atoms with Crippen molar-refractivity contribution in [3.63, 3.8) is 0 Å². The molecule has 0 aromatic heterocycles. The molecule has 1 rings (SSSR count). The van der Waals surface area contributed by atoms with Gasteiger partial charge in [-0.1, -0.05) is 19.9 Å². The molecule has 7 N–H and O–H groups in total. The number of amides is 3. The SMILES string of the molecule is CN[C@H](C(=O)N[C@@H]1C=C(C(=O)NCCC(N)=O)C[C@@H](O)[C@@H]1O)C(C)C. The molecular formula is C16H28N4O5. The van der Waals surface area contributed by atoms with Crippen molar-refractivity contribution in [2.75, 3.05) is 13.6 Å². The van der Waals surface area contributed by atoms with Crippen molar-refractivity contribution >= 4 is 17.7 Å². The summed E-state index contributed by atoms with van der Waals surface area (Å²) < 4.78 is 0. The Bertz CT molecular complexity index is 535. The van der Waals surface area contributed by atoms with Crippen molar-refractivity contribution in [3.05, 3.63) is 11.6 Å². The van der Waals surface area contributed by atoms with Gasteiger partial charge in [0.1, 0.15) is 6.10 Å². The zero-order chi connectivity index (χ0) is 19.1. The van der Waals surface area contributed by atoms with Gasteiger partial charge in [-0.15, -0.1) is 0 Å². The molecule has 1 aliphatic rings. The van der Waals surface area contributed by atoms with Gasteiger partial charge in [0, 0.05) is 25.0 Å². The maximum absolute atomic E-state index is 12.3. The van der Waals surface area contributed by atoms with E-state index in [0.717, 1.165) is 0 Å². The quantitative estimate of drug-likeness (QED) is 0.289. The molecule has 0 spiro atoms. The number of carbonyl (C=O) groups is 3. The minimum absolute atomic E-state index is 0.00258. The maximum Gasteiger partial charge on any atom is 0.247 e. The van der Waals surface area contributed by atoms with E-state index >= 15 is 0 Å². The van der Waals surface area contributed by atoms with Crippen molar-refractivity contribution in [2.45, 2.75) is 51.0 Å². The predicted octanol–water partition coefficient (Wildman–Crippen LogP) is -2.24. The minimum atomic E-state index is -1.21. The predicted molar refractivity (Wildman–Crippen MR) is 91.2 cm³/mol. The van der Waals surface area contributed by atoms with Gasteiger partial charge in [0.25, 0.3) is 0 Å². The van der Waals surface area contributed by atoms with Crippen LogP contribution in [0, 0.1) is 5.92 Å². The van der Waals surface area contributed by atoms with Crippen LogP contribution in [-0.2, 0) is 14.4 Å². The summed E-state index contributed by atoms with van der Waals surface area (Å²) in [7, 11) is 1.66. The number of carbonyl (C=O) groups excluding carboxylic acids is 3. The largest absolute Gasteiger partial charge is 0.390 e. The molecule has 9 nitrogen and oxygen atoms in total. The number of likely N-dealkylation sites (N-methyl/N-ethyl adjacent to an activating group) is 1. The molecule has 0 aromatic carbocycles. The van der Waals surface area contributed by atoms with Crippen LogP contribution in [0.1, 0.15) is 26.7 Å². The maximum atomic E-state index is 12.3. The first-order valence-corrected chi connectivity index (χ1v) is 8.28. The number of rotatable bonds is 8. The molecule has 0 bridgehead atoms. The van der Waals surface area contributed by atoms with Gasteiger partial charge in [-0.25, -0.2) is 0 Å². The van der Waals surface area contributed by atoms with Crippen LogP contribution in [0.3, 0.4) is 0 Å². The highest BCUT2D eigenvalue weighted by molar-refractivity contribution is 5.94. The molecule has 3 amide bonds. The Labute approximate surface area is 147 Å². The molecule has 0 saturated heterocycles. The van der Waals surface area contributed by atoms with Gasteiger partial charge in [0.15, 0.2) is 0 Å². The van der Waals surface area contributed by atoms with E-state index in [0.29, 0.717) is 0 Å². The third-order valence-electron chi connectivity index (χ3n) is 4.09. The molecular weight excluding hydrogens is 328 g/mol. The Hall–Kier alpha value is -1.97. The molecule has 4 atom stereocenters. The smallest absolute Gasteiger partial charge is 0.247 e. The minimum Gasteiger partial charge on any atom is -0.390 e. The van der Waals surface area contributed by atoms with Crippen molar-refractivity contribution in [3.8, 4) is 0 Å². The van der Waals surface area contributed by atoms with E-state index < -0.39 is 36.1 Å². The van der Waals surface area contributed by atoms with E-state index in [9.17, 15) is 24.6 Å². The molecule has 0 heterocycles. The van der Waals surface area contributed by atoms with Crippen molar-refractivity contribution < 1.29 is 24.6 Å². The highest BCUT2D eigenvalue weighted by atomic mass is 16.3. The van der Waals surface area contributed by atoms with Gasteiger partial charge in [-0.3, -0.25) is 14.4 Å². The van der Waals surface area contributed by atoms with Gasteiger partial charge in [0.2, 0.25) is 17.7 Å². The highest BCUT2D eigenvalue weighted by Crippen LogP contribution is 2.20. The number of primary amides is 1. The first-order chi connectivity index (χ1) is 11.7. The Morgan fingerprint density at radius 1 is 1.32 bits per heavy atom. The molecule has 0 radical (unpaired) electrons. The molecule has 25 heavy (non-hydrogen) atoms. The fraction of sp³-hybridized carbons (Fsp3) is 0.688. The van der Waals surface area contributed by atoms with Crippen molar-refractivity contribution in [1.29, 1.82) is 0 Å². The summed E-state index contributed by atoms with van der Waals surface area (Å²) in [5.41, 5.74) is 5.24. The van der Waals surface area contributed by atoms with Crippen molar-refractivity contribution in [1.82, 2.24) is 16.0 Å². The monoisotopic (exact) mass is 356 g/mol. The number of nitrogens with one attached hydrogen (secondary N) is 3. The van der Waals surface area contributed by atoms with Gasteiger partial charge in [0.05, 0.1) is 18.2 Å². The van der Waals surface area contributed by atoms with Crippen LogP contribution in [0.25, 0.3) is 0 Å². The average molecular weight is 356 g/mol.